The Labute approximate surface area is 283 Å². The van der Waals surface area contributed by atoms with E-state index in [0.29, 0.717) is 54.6 Å². The summed E-state index contributed by atoms with van der Waals surface area (Å²) in [6, 6.07) is 5.80. The Bertz CT molecular complexity index is 2110. The first kappa shape index (κ1) is 31.6. The zero-order valence-electron chi connectivity index (χ0n) is 26.9. The second-order valence-electron chi connectivity index (χ2n) is 14.2. The lowest BCUT2D eigenvalue weighted by Gasteiger charge is -2.41. The number of aryl methyl sites for hydroxylation is 1. The lowest BCUT2D eigenvalue weighted by molar-refractivity contribution is -0.340. The average Bonchev–Trinajstić information content (AvgIpc) is 3.71. The van der Waals surface area contributed by atoms with E-state index in [1.54, 1.807) is 0 Å². The van der Waals surface area contributed by atoms with Crippen LogP contribution in [0.1, 0.15) is 49.8 Å². The normalized spacial score (nSPS) is 27.4. The third kappa shape index (κ3) is 5.04. The van der Waals surface area contributed by atoms with Crippen LogP contribution < -0.4 is 15.0 Å². The molecule has 2 bridgehead atoms. The summed E-state index contributed by atoms with van der Waals surface area (Å²) in [6.45, 7) is 1.39. The molecule has 0 amide bonds. The number of rotatable bonds is 5. The van der Waals surface area contributed by atoms with Crippen molar-refractivity contribution in [2.24, 2.45) is 0 Å². The molecule has 14 heteroatoms. The second kappa shape index (κ2) is 11.3. The smallest absolute Gasteiger partial charge is 0.508 e. The number of hydrogen-bond acceptors (Lipinski definition) is 9. The molecule has 4 fully saturated rings. The summed E-state index contributed by atoms with van der Waals surface area (Å²) >= 11 is 0. The number of anilines is 1. The Morgan fingerprint density at radius 2 is 1.94 bits per heavy atom. The standard InChI is InChI=1S/C36H33F5N6O3/c1-2-22-24(37)6-4-18-12-20(48)13-23(28(18)22)31-30(38)32-29-26(43-31)8-9-27-25-7-5-19(42-25)15-47(27)33(29)45-34(44-32)49-17-35-10-3-11-46(35)16-21(14-35)50-36(39,40)41/h1,4,6,12-13,19,21,25,27,42,48H,3,5,7-11,14-17H2/t19-,21+,25+,27-,35?/m1/s1. The van der Waals surface area contributed by atoms with Crippen LogP contribution in [0.5, 0.6) is 11.8 Å². The zero-order valence-corrected chi connectivity index (χ0v) is 26.9. The fraction of sp³-hybridized carbons (Fsp3) is 0.472. The maximum atomic E-state index is 17.1. The van der Waals surface area contributed by atoms with Crippen molar-refractivity contribution in [3.05, 3.63) is 47.2 Å². The van der Waals surface area contributed by atoms with Gasteiger partial charge in [-0.05, 0) is 75.1 Å². The Morgan fingerprint density at radius 1 is 1.08 bits per heavy atom. The van der Waals surface area contributed by atoms with Gasteiger partial charge < -0.3 is 20.1 Å². The highest BCUT2D eigenvalue weighted by Crippen LogP contribution is 2.45. The second-order valence-corrected chi connectivity index (χ2v) is 14.2. The van der Waals surface area contributed by atoms with Crippen molar-refractivity contribution in [1.82, 2.24) is 25.2 Å². The molecule has 0 aliphatic carbocycles. The van der Waals surface area contributed by atoms with Gasteiger partial charge in [0.2, 0.25) is 0 Å². The number of pyridine rings is 1. The summed E-state index contributed by atoms with van der Waals surface area (Å²) in [5.41, 5.74) is -0.299. The lowest BCUT2D eigenvalue weighted by atomic mass is 9.94. The summed E-state index contributed by atoms with van der Waals surface area (Å²) in [5.74, 6) is 1.22. The van der Waals surface area contributed by atoms with Crippen LogP contribution in [0.15, 0.2) is 24.3 Å². The highest BCUT2D eigenvalue weighted by atomic mass is 19.4. The highest BCUT2D eigenvalue weighted by molar-refractivity contribution is 6.03. The number of terminal acetylenes is 1. The van der Waals surface area contributed by atoms with Crippen LogP contribution in [0.25, 0.3) is 32.9 Å². The molecule has 4 aromatic rings. The fourth-order valence-electron chi connectivity index (χ4n) is 9.30. The first-order chi connectivity index (χ1) is 24.0. The molecule has 5 aliphatic heterocycles. The van der Waals surface area contributed by atoms with Crippen LogP contribution in [0.4, 0.5) is 27.8 Å². The SMILES string of the molecule is C#Cc1c(F)ccc2cc(O)cc(-c3nc4c5c(nc(OCC67CCCN6C[C@@H](OC(F)(F)F)C7)nc5c3F)N3C[C@H]5CC[C@H](N5)[C@H]3CC4)c12. The summed E-state index contributed by atoms with van der Waals surface area (Å²) in [4.78, 5) is 18.5. The number of benzene rings is 2. The third-order valence-corrected chi connectivity index (χ3v) is 11.3. The molecule has 1 unspecified atom stereocenters. The van der Waals surface area contributed by atoms with Gasteiger partial charge in [0.1, 0.15) is 35.2 Å². The lowest BCUT2D eigenvalue weighted by Crippen LogP contribution is -2.58. The molecular weight excluding hydrogens is 659 g/mol. The molecule has 2 aromatic heterocycles. The van der Waals surface area contributed by atoms with E-state index < -0.39 is 29.6 Å². The minimum Gasteiger partial charge on any atom is -0.508 e. The molecule has 5 aliphatic rings. The molecule has 0 radical (unpaired) electrons. The summed E-state index contributed by atoms with van der Waals surface area (Å²) in [7, 11) is 0. The van der Waals surface area contributed by atoms with Crippen LogP contribution in [-0.4, -0.2) is 87.3 Å². The van der Waals surface area contributed by atoms with Gasteiger partial charge in [-0.3, -0.25) is 9.64 Å². The van der Waals surface area contributed by atoms with Crippen molar-refractivity contribution in [3.63, 3.8) is 0 Å². The number of aromatic hydroxyl groups is 1. The predicted molar refractivity (Wildman–Crippen MR) is 174 cm³/mol. The molecular formula is C36H33F5N6O3. The molecule has 50 heavy (non-hydrogen) atoms. The van der Waals surface area contributed by atoms with E-state index in [1.807, 2.05) is 4.90 Å². The van der Waals surface area contributed by atoms with E-state index in [1.165, 1.54) is 24.3 Å². The van der Waals surface area contributed by atoms with Crippen molar-refractivity contribution in [1.29, 1.82) is 0 Å². The van der Waals surface area contributed by atoms with Crippen molar-refractivity contribution in [2.45, 2.75) is 81.1 Å². The number of fused-ring (bicyclic) bond motifs is 7. The van der Waals surface area contributed by atoms with Crippen molar-refractivity contribution in [2.75, 3.05) is 31.1 Å². The number of aromatic nitrogens is 3. The van der Waals surface area contributed by atoms with Gasteiger partial charge in [-0.1, -0.05) is 12.0 Å². The van der Waals surface area contributed by atoms with Gasteiger partial charge in [0, 0.05) is 42.2 Å². The number of halogens is 5. The molecule has 4 saturated heterocycles. The van der Waals surface area contributed by atoms with Crippen molar-refractivity contribution < 1.29 is 36.5 Å². The molecule has 2 aromatic carbocycles. The molecule has 260 valence electrons. The third-order valence-electron chi connectivity index (χ3n) is 11.3. The number of nitrogens with one attached hydrogen (secondary N) is 1. The van der Waals surface area contributed by atoms with Crippen LogP contribution in [-0.2, 0) is 11.2 Å². The number of phenols is 1. The van der Waals surface area contributed by atoms with E-state index in [2.05, 4.69) is 25.9 Å². The number of nitrogens with zero attached hydrogens (tertiary/aromatic N) is 5. The summed E-state index contributed by atoms with van der Waals surface area (Å²) in [6.07, 6.45) is 4.67. The van der Waals surface area contributed by atoms with Crippen LogP contribution >= 0.6 is 0 Å². The predicted octanol–water partition coefficient (Wildman–Crippen LogP) is 5.59. The molecule has 9 rings (SSSR count). The fourth-order valence-corrected chi connectivity index (χ4v) is 9.30. The van der Waals surface area contributed by atoms with Crippen molar-refractivity contribution >= 4 is 27.5 Å². The van der Waals surface area contributed by atoms with E-state index in [0.717, 1.165) is 19.3 Å². The van der Waals surface area contributed by atoms with Gasteiger partial charge in [-0.15, -0.1) is 19.6 Å². The highest BCUT2D eigenvalue weighted by Gasteiger charge is 2.52. The molecule has 7 heterocycles. The molecule has 0 spiro atoms. The number of alkyl halides is 3. The number of piperazine rings is 1. The van der Waals surface area contributed by atoms with Crippen LogP contribution in [0, 0.1) is 24.0 Å². The van der Waals surface area contributed by atoms with E-state index >= 15 is 8.78 Å². The number of hydrogen-bond donors (Lipinski definition) is 2. The van der Waals surface area contributed by atoms with Crippen LogP contribution in [0.2, 0.25) is 0 Å². The minimum atomic E-state index is -4.75. The Balaban J connectivity index is 1.19. The maximum Gasteiger partial charge on any atom is 0.522 e. The number of ether oxygens (including phenoxy) is 2. The van der Waals surface area contributed by atoms with E-state index in [4.69, 9.17) is 21.1 Å². The first-order valence-electron chi connectivity index (χ1n) is 17.0. The van der Waals surface area contributed by atoms with Crippen molar-refractivity contribution in [3.8, 4) is 35.4 Å². The van der Waals surface area contributed by atoms with Gasteiger partial charge >= 0.3 is 12.4 Å². The van der Waals surface area contributed by atoms with Gasteiger partial charge in [-0.2, -0.15) is 9.97 Å². The average molecular weight is 693 g/mol. The van der Waals surface area contributed by atoms with Gasteiger partial charge in [0.25, 0.3) is 0 Å². The van der Waals surface area contributed by atoms with E-state index in [9.17, 15) is 18.3 Å². The Hall–Kier alpha value is -4.32. The Morgan fingerprint density at radius 3 is 2.76 bits per heavy atom. The zero-order chi connectivity index (χ0) is 34.5. The minimum absolute atomic E-state index is 0.000314. The van der Waals surface area contributed by atoms with Gasteiger partial charge in [-0.25, -0.2) is 13.8 Å². The number of phenolic OH excluding ortho intramolecular Hbond substituents is 1. The Kier molecular flexibility index (Phi) is 7.18. The topological polar surface area (TPSA) is 95.9 Å². The molecule has 9 nitrogen and oxygen atoms in total. The monoisotopic (exact) mass is 692 g/mol. The van der Waals surface area contributed by atoms with Gasteiger partial charge in [0.05, 0.1) is 28.3 Å². The van der Waals surface area contributed by atoms with Crippen LogP contribution in [0.3, 0.4) is 0 Å². The first-order valence-corrected chi connectivity index (χ1v) is 17.0. The molecule has 2 N–H and O–H groups in total. The largest absolute Gasteiger partial charge is 0.522 e. The summed E-state index contributed by atoms with van der Waals surface area (Å²) < 4.78 is 82.2. The quantitative estimate of drug-likeness (QED) is 0.205. The maximum absolute atomic E-state index is 17.1. The summed E-state index contributed by atoms with van der Waals surface area (Å²) in [5, 5.41) is 15.5. The molecule has 5 atom stereocenters. The molecule has 0 saturated carbocycles. The van der Waals surface area contributed by atoms with Gasteiger partial charge in [0.15, 0.2) is 5.82 Å². The van der Waals surface area contributed by atoms with E-state index in [-0.39, 0.29) is 77.2 Å².